The van der Waals surface area contributed by atoms with E-state index in [1.807, 2.05) is 52.0 Å². The van der Waals surface area contributed by atoms with Crippen LogP contribution in [0.4, 0.5) is 36.3 Å². The van der Waals surface area contributed by atoms with Crippen LogP contribution in [0.5, 0.6) is 5.75 Å². The first kappa shape index (κ1) is 60.7. The number of amides is 3. The van der Waals surface area contributed by atoms with Gasteiger partial charge < -0.3 is 55.0 Å². The number of aromatic nitrogens is 3. The normalized spacial score (nSPS) is 15.2. The van der Waals surface area contributed by atoms with Crippen molar-refractivity contribution in [3.05, 3.63) is 107 Å². The standard InChI is InChI=1S/C53H68F3N9O11S2/c1-35-46(77-34-60-35)38-12-10-36(11-13-38)30-58-49(68)44-29-41(66)33-65(44)50(69)47(52(2,3)4)62-45(67)18-19-72-20-21-73-22-23-74-24-25-75-26-27-76-42-16-14-39(15-17-42)61-51-59-32-43(53(54,55)56)48(63-51)57-31-37-8-7-9-40(28-37)64(5)78(6,70)71/h7-17,28,32,34,41,44,47,66H,18-27,29-31,33H2,1-6H3,(H,58,68)(H,62,67)(H2,57,59,61,63). The first-order valence-electron chi connectivity index (χ1n) is 25.1. The van der Waals surface area contributed by atoms with Crippen molar-refractivity contribution in [3.63, 3.8) is 0 Å². The molecular weight excluding hydrogens is 1060 g/mol. The molecule has 424 valence electrons. The van der Waals surface area contributed by atoms with Crippen LogP contribution in [0.1, 0.15) is 56.0 Å². The lowest BCUT2D eigenvalue weighted by molar-refractivity contribution is -0.144. The monoisotopic (exact) mass is 1130 g/mol. The molecule has 3 aromatic carbocycles. The molecule has 3 amide bonds. The van der Waals surface area contributed by atoms with E-state index in [4.69, 9.17) is 23.7 Å². The molecule has 2 aromatic heterocycles. The van der Waals surface area contributed by atoms with Gasteiger partial charge in [-0.2, -0.15) is 18.2 Å². The number of thiazole rings is 1. The number of alkyl halides is 3. The maximum atomic E-state index is 13.9. The minimum absolute atomic E-state index is 0.00655. The average Bonchev–Trinajstić information content (AvgIpc) is 4.02. The molecule has 3 unspecified atom stereocenters. The number of carbonyl (C=O) groups excluding carboxylic acids is 3. The number of ether oxygens (including phenoxy) is 5. The molecule has 25 heteroatoms. The predicted octanol–water partition coefficient (Wildman–Crippen LogP) is 6.32. The first-order valence-corrected chi connectivity index (χ1v) is 27.9. The van der Waals surface area contributed by atoms with Crippen LogP contribution in [0, 0.1) is 12.3 Å². The molecule has 0 bridgehead atoms. The van der Waals surface area contributed by atoms with Crippen molar-refractivity contribution in [2.24, 2.45) is 5.41 Å². The number of aryl methyl sites for hydroxylation is 1. The number of aliphatic hydroxyl groups excluding tert-OH is 1. The third-order valence-electron chi connectivity index (χ3n) is 12.2. The van der Waals surface area contributed by atoms with Gasteiger partial charge in [0.25, 0.3) is 0 Å². The Morgan fingerprint density at radius 1 is 0.859 bits per heavy atom. The van der Waals surface area contributed by atoms with Gasteiger partial charge in [0.1, 0.15) is 35.8 Å². The summed E-state index contributed by atoms with van der Waals surface area (Å²) < 4.78 is 94.6. The minimum Gasteiger partial charge on any atom is -0.491 e. The number of β-amino-alcohol motifs (C(OH)–C–C–N with tert-alkyl or cyclic N) is 1. The van der Waals surface area contributed by atoms with Crippen molar-refractivity contribution in [1.82, 2.24) is 30.5 Å². The second-order valence-corrected chi connectivity index (χ2v) is 22.2. The molecule has 1 saturated heterocycles. The van der Waals surface area contributed by atoms with Gasteiger partial charge >= 0.3 is 6.18 Å². The topological polar surface area (TPSA) is 245 Å². The van der Waals surface area contributed by atoms with E-state index in [9.17, 15) is 41.1 Å². The Kier molecular flexibility index (Phi) is 22.1. The van der Waals surface area contributed by atoms with E-state index in [0.717, 1.165) is 32.3 Å². The number of likely N-dealkylation sites (tertiary alicyclic amines) is 1. The largest absolute Gasteiger partial charge is 0.491 e. The van der Waals surface area contributed by atoms with Crippen LogP contribution >= 0.6 is 11.3 Å². The van der Waals surface area contributed by atoms with E-state index in [1.165, 1.54) is 11.9 Å². The van der Waals surface area contributed by atoms with Gasteiger partial charge in [-0.25, -0.2) is 18.4 Å². The van der Waals surface area contributed by atoms with Crippen LogP contribution in [0.15, 0.2) is 84.5 Å². The molecule has 0 radical (unpaired) electrons. The van der Waals surface area contributed by atoms with Crippen molar-refractivity contribution in [2.45, 2.75) is 78.0 Å². The third-order valence-corrected chi connectivity index (χ3v) is 14.4. The van der Waals surface area contributed by atoms with E-state index in [-0.39, 0.29) is 77.4 Å². The molecule has 5 N–H and O–H groups in total. The lowest BCUT2D eigenvalue weighted by Crippen LogP contribution is -2.57. The second kappa shape index (κ2) is 28.4. The number of nitrogens with one attached hydrogen (secondary N) is 4. The van der Waals surface area contributed by atoms with Gasteiger partial charge in [-0.3, -0.25) is 18.7 Å². The van der Waals surface area contributed by atoms with Crippen LogP contribution < -0.4 is 30.3 Å². The highest BCUT2D eigenvalue weighted by Gasteiger charge is 2.44. The number of carbonyl (C=O) groups is 3. The molecule has 0 spiro atoms. The summed E-state index contributed by atoms with van der Waals surface area (Å²) >= 11 is 1.56. The summed E-state index contributed by atoms with van der Waals surface area (Å²) in [5.74, 6) is -1.24. The number of halogens is 3. The Morgan fingerprint density at radius 3 is 2.10 bits per heavy atom. The van der Waals surface area contributed by atoms with Crippen molar-refractivity contribution >= 4 is 62.2 Å². The number of hydrogen-bond acceptors (Lipinski definition) is 17. The number of benzene rings is 3. The smallest absolute Gasteiger partial charge is 0.421 e. The zero-order chi connectivity index (χ0) is 56.5. The van der Waals surface area contributed by atoms with Crippen molar-refractivity contribution < 1.29 is 64.8 Å². The maximum absolute atomic E-state index is 13.9. The van der Waals surface area contributed by atoms with Crippen LogP contribution in [0.3, 0.4) is 0 Å². The number of nitrogens with zero attached hydrogens (tertiary/aromatic N) is 5. The quantitative estimate of drug-likeness (QED) is 0.0329. The molecule has 1 aliphatic rings. The summed E-state index contributed by atoms with van der Waals surface area (Å²) in [5, 5.41) is 21.9. The fraction of sp³-hybridized carbons (Fsp3) is 0.472. The lowest BCUT2D eigenvalue weighted by atomic mass is 9.85. The predicted molar refractivity (Wildman–Crippen MR) is 289 cm³/mol. The number of hydrogen-bond donors (Lipinski definition) is 5. The molecule has 1 aliphatic heterocycles. The third kappa shape index (κ3) is 18.6. The first-order chi connectivity index (χ1) is 37.1. The molecule has 6 rings (SSSR count). The Labute approximate surface area is 456 Å². The highest BCUT2D eigenvalue weighted by molar-refractivity contribution is 7.92. The maximum Gasteiger partial charge on any atom is 0.421 e. The zero-order valence-electron chi connectivity index (χ0n) is 44.4. The van der Waals surface area contributed by atoms with Gasteiger partial charge in [-0.1, -0.05) is 57.2 Å². The van der Waals surface area contributed by atoms with Crippen LogP contribution in [-0.4, -0.2) is 149 Å². The highest BCUT2D eigenvalue weighted by Crippen LogP contribution is 2.35. The SMILES string of the molecule is Cc1ncsc1-c1ccc(CNC(=O)C2CC(O)CN2C(=O)C(NC(=O)CCOCCOCCOCCOCCOc2ccc(Nc3ncc(C(F)(F)F)c(NCc4cccc(N(C)S(C)(=O)=O)c4)n3)cc2)C(C)(C)C)cc1. The summed E-state index contributed by atoms with van der Waals surface area (Å²) in [6.45, 7) is 9.96. The van der Waals surface area contributed by atoms with E-state index in [0.29, 0.717) is 55.3 Å². The average molecular weight is 1130 g/mol. The van der Waals surface area contributed by atoms with Gasteiger partial charge in [-0.15, -0.1) is 11.3 Å². The van der Waals surface area contributed by atoms with Gasteiger partial charge in [0.15, 0.2) is 0 Å². The molecule has 0 aliphatic carbocycles. The number of rotatable bonds is 29. The molecule has 5 aromatic rings. The number of aliphatic hydroxyl groups is 1. The van der Waals surface area contributed by atoms with Crippen LogP contribution in [0.2, 0.25) is 0 Å². The summed E-state index contributed by atoms with van der Waals surface area (Å²) in [4.78, 5) is 55.1. The molecular formula is C53H68F3N9O11S2. The van der Waals surface area contributed by atoms with Crippen LogP contribution in [-0.2, 0) is 62.6 Å². The van der Waals surface area contributed by atoms with E-state index >= 15 is 0 Å². The van der Waals surface area contributed by atoms with Crippen molar-refractivity contribution in [3.8, 4) is 16.2 Å². The number of anilines is 4. The fourth-order valence-electron chi connectivity index (χ4n) is 7.95. The Balaban J connectivity index is 0.799. The number of sulfonamides is 1. The Morgan fingerprint density at radius 2 is 1.50 bits per heavy atom. The molecule has 3 atom stereocenters. The Hall–Kier alpha value is -6.48. The van der Waals surface area contributed by atoms with Crippen LogP contribution in [0.25, 0.3) is 10.4 Å². The molecule has 1 fully saturated rings. The summed E-state index contributed by atoms with van der Waals surface area (Å²) in [6.07, 6.45) is -3.81. The van der Waals surface area contributed by atoms with E-state index in [2.05, 4.69) is 36.2 Å². The molecule has 78 heavy (non-hydrogen) atoms. The lowest BCUT2D eigenvalue weighted by Gasteiger charge is -2.35. The van der Waals surface area contributed by atoms with Gasteiger partial charge in [0.2, 0.25) is 33.7 Å². The molecule has 20 nitrogen and oxygen atoms in total. The van der Waals surface area contributed by atoms with Gasteiger partial charge in [0, 0.05) is 51.4 Å². The zero-order valence-corrected chi connectivity index (χ0v) is 46.1. The van der Waals surface area contributed by atoms with Crippen molar-refractivity contribution in [1.29, 1.82) is 0 Å². The summed E-state index contributed by atoms with van der Waals surface area (Å²) in [5.41, 5.74) is 4.28. The Bertz CT molecular complexity index is 2860. The van der Waals surface area contributed by atoms with E-state index < -0.39 is 63.0 Å². The summed E-state index contributed by atoms with van der Waals surface area (Å²) in [7, 11) is -2.16. The highest BCUT2D eigenvalue weighted by atomic mass is 32.2. The van der Waals surface area contributed by atoms with E-state index in [1.54, 1.807) is 65.4 Å². The minimum atomic E-state index is -4.74. The van der Waals surface area contributed by atoms with Gasteiger partial charge in [-0.05, 0) is 65.4 Å². The molecule has 0 saturated carbocycles. The molecule has 3 heterocycles. The fourth-order valence-corrected chi connectivity index (χ4v) is 9.25. The second-order valence-electron chi connectivity index (χ2n) is 19.3. The van der Waals surface area contributed by atoms with Crippen molar-refractivity contribution in [2.75, 3.05) is 94.2 Å². The summed E-state index contributed by atoms with van der Waals surface area (Å²) in [6, 6.07) is 19.0. The van der Waals surface area contributed by atoms with Gasteiger partial charge in [0.05, 0.1) is 87.0 Å².